The molecule has 1 aromatic rings. The van der Waals surface area contributed by atoms with Crippen molar-refractivity contribution in [3.05, 3.63) is 35.4 Å². The van der Waals surface area contributed by atoms with Crippen LogP contribution in [0.3, 0.4) is 0 Å². The summed E-state index contributed by atoms with van der Waals surface area (Å²) in [5.74, 6) is 0. The number of hydrogen-bond acceptors (Lipinski definition) is 3. The van der Waals surface area contributed by atoms with Gasteiger partial charge in [0.15, 0.2) is 0 Å². The highest BCUT2D eigenvalue weighted by Crippen LogP contribution is 2.17. The van der Waals surface area contributed by atoms with E-state index in [1.807, 2.05) is 19.1 Å². The average Bonchev–Trinajstić information content (AvgIpc) is 2.54. The standard InChI is InChI=1S/C18H29N3O2/c1-14-7-5-6-8-16(14)15(2)20-17(22)19-13-18(3,4)21-9-11-23-12-10-21/h5-8,15H,9-13H2,1-4H3,(H2,19,20,22). The van der Waals surface area contributed by atoms with E-state index in [9.17, 15) is 4.79 Å². The molecule has 1 aromatic carbocycles. The number of benzene rings is 1. The van der Waals surface area contributed by atoms with Crippen LogP contribution >= 0.6 is 0 Å². The number of aryl methyl sites for hydroxylation is 1. The highest BCUT2D eigenvalue weighted by Gasteiger charge is 2.28. The topological polar surface area (TPSA) is 53.6 Å². The molecule has 0 spiro atoms. The number of carbonyl (C=O) groups excluding carboxylic acids is 1. The Morgan fingerprint density at radius 2 is 1.96 bits per heavy atom. The van der Waals surface area contributed by atoms with Crippen molar-refractivity contribution >= 4 is 6.03 Å². The van der Waals surface area contributed by atoms with Gasteiger partial charge < -0.3 is 15.4 Å². The third-order valence-electron chi connectivity index (χ3n) is 4.55. The van der Waals surface area contributed by atoms with Crippen molar-refractivity contribution in [3.8, 4) is 0 Å². The molecular weight excluding hydrogens is 290 g/mol. The number of amides is 2. The molecule has 2 amide bonds. The van der Waals surface area contributed by atoms with Gasteiger partial charge in [-0.25, -0.2) is 4.79 Å². The zero-order valence-electron chi connectivity index (χ0n) is 14.7. The molecule has 1 atom stereocenters. The Hall–Kier alpha value is -1.59. The largest absolute Gasteiger partial charge is 0.379 e. The summed E-state index contributed by atoms with van der Waals surface area (Å²) in [6, 6.07) is 7.99. The normalized spacial score (nSPS) is 17.6. The van der Waals surface area contributed by atoms with Crippen LogP contribution in [-0.2, 0) is 4.74 Å². The van der Waals surface area contributed by atoms with E-state index in [-0.39, 0.29) is 17.6 Å². The lowest BCUT2D eigenvalue weighted by Crippen LogP contribution is -2.56. The molecule has 1 aliphatic heterocycles. The number of ether oxygens (including phenoxy) is 1. The van der Waals surface area contributed by atoms with E-state index in [1.54, 1.807) is 0 Å². The van der Waals surface area contributed by atoms with Crippen LogP contribution in [0.4, 0.5) is 4.79 Å². The molecule has 0 bridgehead atoms. The first-order valence-electron chi connectivity index (χ1n) is 8.33. The SMILES string of the molecule is Cc1ccccc1C(C)NC(=O)NCC(C)(C)N1CCOCC1. The maximum absolute atomic E-state index is 12.2. The van der Waals surface area contributed by atoms with E-state index in [4.69, 9.17) is 4.74 Å². The fraction of sp³-hybridized carbons (Fsp3) is 0.611. The van der Waals surface area contributed by atoms with E-state index in [1.165, 1.54) is 5.56 Å². The van der Waals surface area contributed by atoms with Crippen molar-refractivity contribution in [2.24, 2.45) is 0 Å². The predicted octanol–water partition coefficient (Wildman–Crippen LogP) is 2.47. The second-order valence-corrected chi connectivity index (χ2v) is 6.82. The smallest absolute Gasteiger partial charge is 0.315 e. The highest BCUT2D eigenvalue weighted by atomic mass is 16.5. The van der Waals surface area contributed by atoms with Gasteiger partial charge in [-0.3, -0.25) is 4.90 Å². The third kappa shape index (κ3) is 4.94. The van der Waals surface area contributed by atoms with Crippen molar-refractivity contribution in [2.75, 3.05) is 32.8 Å². The van der Waals surface area contributed by atoms with Crippen LogP contribution in [0.5, 0.6) is 0 Å². The van der Waals surface area contributed by atoms with Crippen LogP contribution < -0.4 is 10.6 Å². The lowest BCUT2D eigenvalue weighted by Gasteiger charge is -2.40. The summed E-state index contributed by atoms with van der Waals surface area (Å²) in [5.41, 5.74) is 2.26. The Kier molecular flexibility index (Phi) is 6.02. The molecule has 0 saturated carbocycles. The fourth-order valence-corrected chi connectivity index (χ4v) is 2.98. The van der Waals surface area contributed by atoms with E-state index in [2.05, 4.69) is 48.4 Å². The molecule has 1 aliphatic rings. The Morgan fingerprint density at radius 3 is 2.61 bits per heavy atom. The van der Waals surface area contributed by atoms with Crippen LogP contribution in [0.2, 0.25) is 0 Å². The number of morpholine rings is 1. The van der Waals surface area contributed by atoms with E-state index in [0.29, 0.717) is 6.54 Å². The Balaban J connectivity index is 1.83. The van der Waals surface area contributed by atoms with Gasteiger partial charge in [0.05, 0.1) is 19.3 Å². The molecule has 0 radical (unpaired) electrons. The summed E-state index contributed by atoms with van der Waals surface area (Å²) >= 11 is 0. The first kappa shape index (κ1) is 17.8. The first-order valence-corrected chi connectivity index (χ1v) is 8.33. The number of rotatable bonds is 5. The van der Waals surface area contributed by atoms with E-state index >= 15 is 0 Å². The number of nitrogens with one attached hydrogen (secondary N) is 2. The molecule has 128 valence electrons. The lowest BCUT2D eigenvalue weighted by atomic mass is 10.0. The zero-order valence-corrected chi connectivity index (χ0v) is 14.7. The zero-order chi connectivity index (χ0) is 16.9. The van der Waals surface area contributed by atoms with Gasteiger partial charge in [0.25, 0.3) is 0 Å². The fourth-order valence-electron chi connectivity index (χ4n) is 2.98. The molecule has 0 aromatic heterocycles. The minimum absolute atomic E-state index is 0.0114. The van der Waals surface area contributed by atoms with Gasteiger partial charge in [-0.1, -0.05) is 24.3 Å². The van der Waals surface area contributed by atoms with Crippen molar-refractivity contribution in [3.63, 3.8) is 0 Å². The first-order chi connectivity index (χ1) is 10.9. The minimum atomic E-state index is -0.123. The molecule has 1 heterocycles. The van der Waals surface area contributed by atoms with Crippen molar-refractivity contribution in [2.45, 2.75) is 39.3 Å². The number of urea groups is 1. The number of carbonyl (C=O) groups is 1. The maximum Gasteiger partial charge on any atom is 0.315 e. The molecule has 1 saturated heterocycles. The number of hydrogen-bond donors (Lipinski definition) is 2. The molecule has 5 nitrogen and oxygen atoms in total. The second-order valence-electron chi connectivity index (χ2n) is 6.82. The number of nitrogens with zero attached hydrogens (tertiary/aromatic N) is 1. The van der Waals surface area contributed by atoms with Crippen LogP contribution in [0.25, 0.3) is 0 Å². The molecule has 1 unspecified atom stereocenters. The highest BCUT2D eigenvalue weighted by molar-refractivity contribution is 5.74. The van der Waals surface area contributed by atoms with Crippen LogP contribution in [-0.4, -0.2) is 49.3 Å². The van der Waals surface area contributed by atoms with E-state index < -0.39 is 0 Å². The predicted molar refractivity (Wildman–Crippen MR) is 92.6 cm³/mol. The quantitative estimate of drug-likeness (QED) is 0.876. The van der Waals surface area contributed by atoms with Gasteiger partial charge in [-0.15, -0.1) is 0 Å². The van der Waals surface area contributed by atoms with Gasteiger partial charge in [-0.2, -0.15) is 0 Å². The van der Waals surface area contributed by atoms with E-state index in [0.717, 1.165) is 31.9 Å². The van der Waals surface area contributed by atoms with Crippen molar-refractivity contribution < 1.29 is 9.53 Å². The molecule has 23 heavy (non-hydrogen) atoms. The third-order valence-corrected chi connectivity index (χ3v) is 4.55. The van der Waals surface area contributed by atoms with Crippen LogP contribution in [0.1, 0.15) is 37.9 Å². The van der Waals surface area contributed by atoms with Gasteiger partial charge in [0.2, 0.25) is 0 Å². The molecule has 0 aliphatic carbocycles. The van der Waals surface area contributed by atoms with Gasteiger partial charge >= 0.3 is 6.03 Å². The molecule has 2 N–H and O–H groups in total. The van der Waals surface area contributed by atoms with Crippen LogP contribution in [0.15, 0.2) is 24.3 Å². The maximum atomic E-state index is 12.2. The van der Waals surface area contributed by atoms with Gasteiger partial charge in [0.1, 0.15) is 0 Å². The minimum Gasteiger partial charge on any atom is -0.379 e. The van der Waals surface area contributed by atoms with Crippen LogP contribution in [0, 0.1) is 6.92 Å². The summed E-state index contributed by atoms with van der Waals surface area (Å²) in [6.07, 6.45) is 0. The Morgan fingerprint density at radius 1 is 1.30 bits per heavy atom. The average molecular weight is 319 g/mol. The summed E-state index contributed by atoms with van der Waals surface area (Å²) in [6.45, 7) is 12.3. The van der Waals surface area contributed by atoms with Crippen molar-refractivity contribution in [1.29, 1.82) is 0 Å². The van der Waals surface area contributed by atoms with Gasteiger partial charge in [-0.05, 0) is 38.8 Å². The second kappa shape index (κ2) is 7.79. The Bertz CT molecular complexity index is 525. The molecule has 2 rings (SSSR count). The summed E-state index contributed by atoms with van der Waals surface area (Å²) in [7, 11) is 0. The molecule has 5 heteroatoms. The van der Waals surface area contributed by atoms with Crippen molar-refractivity contribution in [1.82, 2.24) is 15.5 Å². The van der Waals surface area contributed by atoms with Gasteiger partial charge in [0, 0.05) is 25.2 Å². The molecular formula is C18H29N3O2. The summed E-state index contributed by atoms with van der Waals surface area (Å²) < 4.78 is 5.39. The molecule has 1 fully saturated rings. The lowest BCUT2D eigenvalue weighted by molar-refractivity contribution is -0.00876. The Labute approximate surface area is 139 Å². The summed E-state index contributed by atoms with van der Waals surface area (Å²) in [5, 5.41) is 6.03. The summed E-state index contributed by atoms with van der Waals surface area (Å²) in [4.78, 5) is 14.6. The monoisotopic (exact) mass is 319 g/mol.